The van der Waals surface area contributed by atoms with Crippen molar-refractivity contribution in [2.45, 2.75) is 0 Å². The van der Waals surface area contributed by atoms with Crippen LogP contribution in [-0.4, -0.2) is 24.0 Å². The van der Waals surface area contributed by atoms with Crippen molar-refractivity contribution in [2.24, 2.45) is 5.10 Å². The molecule has 7 nitrogen and oxygen atoms in total. The van der Waals surface area contributed by atoms with E-state index in [1.807, 2.05) is 17.5 Å². The summed E-state index contributed by atoms with van der Waals surface area (Å²) in [5, 5.41) is 8.79. The lowest BCUT2D eigenvalue weighted by atomic mass is 10.2. The second-order valence-corrected chi connectivity index (χ2v) is 8.92. The summed E-state index contributed by atoms with van der Waals surface area (Å²) < 4.78 is 5.40. The first-order valence-electron chi connectivity index (χ1n) is 11.0. The van der Waals surface area contributed by atoms with Gasteiger partial charge < -0.3 is 10.1 Å². The molecule has 184 valence electrons. The molecule has 0 aliphatic rings. The number of carbonyl (C=O) groups is 3. The van der Waals surface area contributed by atoms with E-state index in [0.717, 1.165) is 4.88 Å². The highest BCUT2D eigenvalue weighted by Crippen LogP contribution is 2.19. The van der Waals surface area contributed by atoms with E-state index >= 15 is 0 Å². The van der Waals surface area contributed by atoms with E-state index in [9.17, 15) is 14.4 Å². The van der Waals surface area contributed by atoms with Crippen molar-refractivity contribution in [1.29, 1.82) is 0 Å². The number of amides is 2. The van der Waals surface area contributed by atoms with Crippen LogP contribution in [0.15, 0.2) is 107 Å². The molecule has 1 aromatic heterocycles. The maximum absolute atomic E-state index is 12.8. The Morgan fingerprint density at radius 1 is 0.892 bits per heavy atom. The maximum atomic E-state index is 12.8. The normalized spacial score (nSPS) is 11.2. The number of esters is 1. The third-order valence-electron chi connectivity index (χ3n) is 4.90. The average Bonchev–Trinajstić information content (AvgIpc) is 3.42. The maximum Gasteiger partial charge on any atom is 0.345 e. The Hall–Kier alpha value is -4.53. The molecule has 0 aliphatic heterocycles. The van der Waals surface area contributed by atoms with Gasteiger partial charge in [-0.05, 0) is 59.5 Å². The fourth-order valence-electron chi connectivity index (χ4n) is 3.13. The molecule has 0 fully saturated rings. The first kappa shape index (κ1) is 25.6. The Kier molecular flexibility index (Phi) is 8.59. The van der Waals surface area contributed by atoms with Crippen molar-refractivity contribution in [3.8, 4) is 5.75 Å². The van der Waals surface area contributed by atoms with Gasteiger partial charge in [0.15, 0.2) is 0 Å². The molecule has 0 atom stereocenters. The molecule has 0 radical (unpaired) electrons. The zero-order valence-electron chi connectivity index (χ0n) is 19.3. The van der Waals surface area contributed by atoms with Gasteiger partial charge in [-0.2, -0.15) is 5.10 Å². The minimum Gasteiger partial charge on any atom is -0.423 e. The molecule has 4 rings (SSSR count). The molecule has 0 saturated heterocycles. The number of nitrogens with zero attached hydrogens (tertiary/aromatic N) is 1. The zero-order chi connectivity index (χ0) is 26.0. The van der Waals surface area contributed by atoms with E-state index in [0.29, 0.717) is 16.1 Å². The fraction of sp³-hybridized carbons (Fsp3) is 0. The SMILES string of the molecule is O=C(NN=Cc1cccc(OC(=O)c2ccccc2Cl)c1)C(=Cc1cccs1)NC(=O)c1ccccc1. The van der Waals surface area contributed by atoms with Gasteiger partial charge in [-0.3, -0.25) is 9.59 Å². The van der Waals surface area contributed by atoms with Crippen LogP contribution in [0.25, 0.3) is 6.08 Å². The summed E-state index contributed by atoms with van der Waals surface area (Å²) in [7, 11) is 0. The van der Waals surface area contributed by atoms with Crippen LogP contribution in [0, 0.1) is 0 Å². The van der Waals surface area contributed by atoms with Crippen molar-refractivity contribution in [2.75, 3.05) is 0 Å². The quantitative estimate of drug-likeness (QED) is 0.103. The van der Waals surface area contributed by atoms with Gasteiger partial charge in [0.1, 0.15) is 11.4 Å². The number of thiophene rings is 1. The Balaban J connectivity index is 1.43. The summed E-state index contributed by atoms with van der Waals surface area (Å²) in [4.78, 5) is 38.7. The molecule has 2 N–H and O–H groups in total. The zero-order valence-corrected chi connectivity index (χ0v) is 20.8. The number of ether oxygens (including phenoxy) is 1. The van der Waals surface area contributed by atoms with Crippen molar-refractivity contribution in [3.05, 3.63) is 129 Å². The Morgan fingerprint density at radius 2 is 1.68 bits per heavy atom. The molecule has 0 bridgehead atoms. The molecule has 37 heavy (non-hydrogen) atoms. The van der Waals surface area contributed by atoms with Crippen molar-refractivity contribution in [1.82, 2.24) is 10.7 Å². The monoisotopic (exact) mass is 529 g/mol. The van der Waals surface area contributed by atoms with Crippen LogP contribution in [0.3, 0.4) is 0 Å². The number of benzene rings is 3. The lowest BCUT2D eigenvalue weighted by molar-refractivity contribution is -0.117. The highest BCUT2D eigenvalue weighted by atomic mass is 35.5. The highest BCUT2D eigenvalue weighted by molar-refractivity contribution is 7.10. The van der Waals surface area contributed by atoms with E-state index in [1.165, 1.54) is 17.6 Å². The van der Waals surface area contributed by atoms with Gasteiger partial charge >= 0.3 is 5.97 Å². The smallest absolute Gasteiger partial charge is 0.345 e. The Labute approximate surface area is 222 Å². The van der Waals surface area contributed by atoms with Gasteiger partial charge in [0.05, 0.1) is 16.8 Å². The molecule has 0 unspecified atom stereocenters. The third-order valence-corrected chi connectivity index (χ3v) is 6.05. The second-order valence-electron chi connectivity index (χ2n) is 7.53. The van der Waals surface area contributed by atoms with Crippen LogP contribution in [0.5, 0.6) is 5.75 Å². The number of halogens is 1. The van der Waals surface area contributed by atoms with Gasteiger partial charge in [-0.15, -0.1) is 11.3 Å². The molecule has 4 aromatic rings. The number of carbonyl (C=O) groups excluding carboxylic acids is 3. The number of rotatable bonds is 8. The fourth-order valence-corrected chi connectivity index (χ4v) is 4.00. The van der Waals surface area contributed by atoms with Gasteiger partial charge in [0, 0.05) is 10.4 Å². The molecular weight excluding hydrogens is 510 g/mol. The van der Waals surface area contributed by atoms with Crippen LogP contribution >= 0.6 is 22.9 Å². The summed E-state index contributed by atoms with van der Waals surface area (Å²) in [5.41, 5.74) is 3.69. The van der Waals surface area contributed by atoms with E-state index in [2.05, 4.69) is 15.8 Å². The van der Waals surface area contributed by atoms with Gasteiger partial charge in [0.25, 0.3) is 11.8 Å². The number of hydrogen-bond acceptors (Lipinski definition) is 6. The topological polar surface area (TPSA) is 96.9 Å². The average molecular weight is 530 g/mol. The highest BCUT2D eigenvalue weighted by Gasteiger charge is 2.15. The van der Waals surface area contributed by atoms with Crippen molar-refractivity contribution in [3.63, 3.8) is 0 Å². The van der Waals surface area contributed by atoms with Crippen molar-refractivity contribution < 1.29 is 19.1 Å². The molecule has 2 amide bonds. The lowest BCUT2D eigenvalue weighted by Gasteiger charge is -2.09. The predicted octanol–water partition coefficient (Wildman–Crippen LogP) is 5.54. The predicted molar refractivity (Wildman–Crippen MR) is 145 cm³/mol. The minimum absolute atomic E-state index is 0.0378. The van der Waals surface area contributed by atoms with E-state index in [1.54, 1.807) is 84.9 Å². The van der Waals surface area contributed by atoms with Crippen LogP contribution in [0.2, 0.25) is 5.02 Å². The van der Waals surface area contributed by atoms with Gasteiger partial charge in [-0.1, -0.05) is 60.1 Å². The lowest BCUT2D eigenvalue weighted by Crippen LogP contribution is -2.32. The number of hydrogen-bond donors (Lipinski definition) is 2. The molecule has 0 spiro atoms. The summed E-state index contributed by atoms with van der Waals surface area (Å²) in [6, 6.07) is 25.4. The van der Waals surface area contributed by atoms with Gasteiger partial charge in [-0.25, -0.2) is 10.2 Å². The molecule has 1 heterocycles. The number of hydrazone groups is 1. The van der Waals surface area contributed by atoms with Crippen LogP contribution < -0.4 is 15.5 Å². The molecule has 3 aromatic carbocycles. The molecule has 0 aliphatic carbocycles. The summed E-state index contributed by atoms with van der Waals surface area (Å²) >= 11 is 7.48. The second kappa shape index (κ2) is 12.4. The van der Waals surface area contributed by atoms with Crippen LogP contribution in [-0.2, 0) is 4.79 Å². The summed E-state index contributed by atoms with van der Waals surface area (Å²) in [6.07, 6.45) is 2.97. The molecule has 9 heteroatoms. The third kappa shape index (κ3) is 7.23. The largest absolute Gasteiger partial charge is 0.423 e. The van der Waals surface area contributed by atoms with E-state index < -0.39 is 17.8 Å². The number of nitrogens with one attached hydrogen (secondary N) is 2. The van der Waals surface area contributed by atoms with Gasteiger partial charge in [0.2, 0.25) is 0 Å². The molecular formula is C28H20ClN3O4S. The summed E-state index contributed by atoms with van der Waals surface area (Å²) in [5.74, 6) is -1.33. The minimum atomic E-state index is -0.602. The van der Waals surface area contributed by atoms with E-state index in [-0.39, 0.29) is 17.0 Å². The standard InChI is InChI=1S/C28H20ClN3O4S/c29-24-14-5-4-13-23(24)28(35)36-21-11-6-8-19(16-21)18-30-32-27(34)25(17-22-12-7-15-37-22)31-26(33)20-9-2-1-3-10-20/h1-18H,(H,31,33)(H,32,34). The Bertz CT molecular complexity index is 1470. The molecule has 0 saturated carbocycles. The van der Waals surface area contributed by atoms with E-state index in [4.69, 9.17) is 16.3 Å². The van der Waals surface area contributed by atoms with Crippen LogP contribution in [0.1, 0.15) is 31.2 Å². The van der Waals surface area contributed by atoms with Crippen molar-refractivity contribution >= 4 is 53.0 Å². The first-order valence-corrected chi connectivity index (χ1v) is 12.3. The summed E-state index contributed by atoms with van der Waals surface area (Å²) in [6.45, 7) is 0. The Morgan fingerprint density at radius 3 is 2.43 bits per heavy atom. The first-order chi connectivity index (χ1) is 18.0. The van der Waals surface area contributed by atoms with Crippen LogP contribution in [0.4, 0.5) is 0 Å².